The first-order valence-electron chi connectivity index (χ1n) is 6.67. The first kappa shape index (κ1) is 15.3. The maximum absolute atomic E-state index is 12.3. The second kappa shape index (κ2) is 6.15. The number of amides is 1. The van der Waals surface area contributed by atoms with Gasteiger partial charge in [0.25, 0.3) is 0 Å². The molecule has 1 unspecified atom stereocenters. The molecular weight excluding hydrogens is 288 g/mol. The number of carbonyl (C=O) groups excluding carboxylic acids is 1. The smallest absolute Gasteiger partial charge is 0.244 e. The minimum absolute atomic E-state index is 0.0208. The number of halogens is 1. The maximum atomic E-state index is 12.3. The van der Waals surface area contributed by atoms with Crippen LogP contribution in [0.15, 0.2) is 18.2 Å². The van der Waals surface area contributed by atoms with Gasteiger partial charge in [0.2, 0.25) is 5.91 Å². The van der Waals surface area contributed by atoms with Crippen molar-refractivity contribution in [2.24, 2.45) is 0 Å². The van der Waals surface area contributed by atoms with Crippen LogP contribution in [0.25, 0.3) is 11.0 Å². The van der Waals surface area contributed by atoms with E-state index in [4.69, 9.17) is 16.9 Å². The van der Waals surface area contributed by atoms with Crippen LogP contribution >= 0.6 is 11.6 Å². The number of hydrogen-bond donors (Lipinski definition) is 0. The van der Waals surface area contributed by atoms with Crippen molar-refractivity contribution >= 4 is 28.5 Å². The summed E-state index contributed by atoms with van der Waals surface area (Å²) in [5.74, 6) is 1.17. The predicted octanol–water partition coefficient (Wildman–Crippen LogP) is 2.34. The highest BCUT2D eigenvalue weighted by Crippen LogP contribution is 2.24. The average Bonchev–Trinajstić information content (AvgIpc) is 2.82. The highest BCUT2D eigenvalue weighted by molar-refractivity contribution is 6.17. The number of nitrogens with zero attached hydrogens (tertiary/aromatic N) is 4. The normalized spacial score (nSPS) is 12.1. The summed E-state index contributed by atoms with van der Waals surface area (Å²) in [6, 6.07) is 7.01. The fourth-order valence-corrected chi connectivity index (χ4v) is 2.56. The molecule has 5 nitrogen and oxygen atoms in total. The summed E-state index contributed by atoms with van der Waals surface area (Å²) < 4.78 is 1.88. The SMILES string of the molecule is CC(C(=O)N(C)C)n1c(CCCl)nc2ccc(C#N)cc21. The fraction of sp³-hybridized carbons (Fsp3) is 0.400. The Bertz CT molecular complexity index is 714. The molecule has 1 aromatic heterocycles. The Morgan fingerprint density at radius 3 is 2.81 bits per heavy atom. The van der Waals surface area contributed by atoms with Crippen LogP contribution in [0, 0.1) is 11.3 Å². The van der Waals surface area contributed by atoms with Gasteiger partial charge in [0.15, 0.2) is 0 Å². The van der Waals surface area contributed by atoms with Crippen LogP contribution < -0.4 is 0 Å². The van der Waals surface area contributed by atoms with Gasteiger partial charge in [-0.2, -0.15) is 5.26 Å². The van der Waals surface area contributed by atoms with E-state index in [2.05, 4.69) is 11.1 Å². The van der Waals surface area contributed by atoms with E-state index < -0.39 is 6.04 Å². The van der Waals surface area contributed by atoms with Crippen molar-refractivity contribution < 1.29 is 4.79 Å². The van der Waals surface area contributed by atoms with E-state index in [-0.39, 0.29) is 5.91 Å². The molecule has 2 rings (SSSR count). The van der Waals surface area contributed by atoms with Gasteiger partial charge in [-0.3, -0.25) is 4.79 Å². The molecule has 1 amide bonds. The van der Waals surface area contributed by atoms with Crippen molar-refractivity contribution in [3.8, 4) is 6.07 Å². The molecule has 0 saturated carbocycles. The Kier molecular flexibility index (Phi) is 4.49. The number of rotatable bonds is 4. The van der Waals surface area contributed by atoms with Crippen molar-refractivity contribution in [3.05, 3.63) is 29.6 Å². The lowest BCUT2D eigenvalue weighted by Crippen LogP contribution is -2.30. The zero-order chi connectivity index (χ0) is 15.6. The van der Waals surface area contributed by atoms with Gasteiger partial charge >= 0.3 is 0 Å². The molecule has 0 fully saturated rings. The lowest BCUT2D eigenvalue weighted by Gasteiger charge is -2.20. The molecule has 0 aliphatic heterocycles. The molecule has 0 aliphatic carbocycles. The second-order valence-electron chi connectivity index (χ2n) is 5.06. The Balaban J connectivity index is 2.64. The third kappa shape index (κ3) is 2.86. The molecule has 110 valence electrons. The number of fused-ring (bicyclic) bond motifs is 1. The van der Waals surface area contributed by atoms with Crippen LogP contribution in [0.4, 0.5) is 0 Å². The summed E-state index contributed by atoms with van der Waals surface area (Å²) in [6.07, 6.45) is 0.573. The van der Waals surface area contributed by atoms with E-state index in [0.717, 1.165) is 16.9 Å². The van der Waals surface area contributed by atoms with E-state index in [1.165, 1.54) is 0 Å². The molecule has 0 aliphatic rings. The van der Waals surface area contributed by atoms with Gasteiger partial charge in [0.05, 0.1) is 22.7 Å². The van der Waals surface area contributed by atoms with Crippen molar-refractivity contribution in [3.63, 3.8) is 0 Å². The van der Waals surface area contributed by atoms with E-state index >= 15 is 0 Å². The number of benzene rings is 1. The molecular formula is C15H17ClN4O. The highest BCUT2D eigenvalue weighted by atomic mass is 35.5. The molecule has 0 radical (unpaired) electrons. The van der Waals surface area contributed by atoms with Crippen LogP contribution in [0.3, 0.4) is 0 Å². The van der Waals surface area contributed by atoms with Gasteiger partial charge in [-0.05, 0) is 25.1 Å². The standard InChI is InChI=1S/C15H17ClN4O/c1-10(15(21)19(2)3)20-13-8-11(9-17)4-5-12(13)18-14(20)6-7-16/h4-5,8,10H,6-7H2,1-3H3. The monoisotopic (exact) mass is 304 g/mol. The number of alkyl halides is 1. The number of carbonyl (C=O) groups is 1. The van der Waals surface area contributed by atoms with E-state index in [1.807, 2.05) is 11.5 Å². The Morgan fingerprint density at radius 1 is 1.52 bits per heavy atom. The van der Waals surface area contributed by atoms with Gasteiger partial charge in [0.1, 0.15) is 11.9 Å². The first-order chi connectivity index (χ1) is 9.99. The summed E-state index contributed by atoms with van der Waals surface area (Å²) in [5, 5.41) is 9.06. The van der Waals surface area contributed by atoms with E-state index in [9.17, 15) is 4.79 Å². The van der Waals surface area contributed by atoms with Crippen LogP contribution in [-0.2, 0) is 11.2 Å². The molecule has 0 saturated heterocycles. The van der Waals surface area contributed by atoms with Gasteiger partial charge in [-0.25, -0.2) is 4.98 Å². The summed E-state index contributed by atoms with van der Waals surface area (Å²) in [6.45, 7) is 1.83. The highest BCUT2D eigenvalue weighted by Gasteiger charge is 2.22. The number of imidazole rings is 1. The first-order valence-corrected chi connectivity index (χ1v) is 7.21. The molecule has 1 heterocycles. The Hall–Kier alpha value is -2.06. The zero-order valence-electron chi connectivity index (χ0n) is 12.3. The Labute approximate surface area is 128 Å². The minimum Gasteiger partial charge on any atom is -0.347 e. The molecule has 2 aromatic rings. The summed E-state index contributed by atoms with van der Waals surface area (Å²) >= 11 is 5.84. The maximum Gasteiger partial charge on any atom is 0.244 e. The van der Waals surface area contributed by atoms with Crippen LogP contribution in [0.5, 0.6) is 0 Å². The molecule has 21 heavy (non-hydrogen) atoms. The zero-order valence-corrected chi connectivity index (χ0v) is 13.1. The second-order valence-corrected chi connectivity index (χ2v) is 5.44. The summed E-state index contributed by atoms with van der Waals surface area (Å²) in [5.41, 5.74) is 2.11. The number of aromatic nitrogens is 2. The molecule has 1 atom stereocenters. The Morgan fingerprint density at radius 2 is 2.24 bits per heavy atom. The minimum atomic E-state index is -0.392. The summed E-state index contributed by atoms with van der Waals surface area (Å²) in [4.78, 5) is 18.4. The van der Waals surface area contributed by atoms with Crippen LogP contribution in [-0.4, -0.2) is 40.3 Å². The van der Waals surface area contributed by atoms with Crippen molar-refractivity contribution in [2.75, 3.05) is 20.0 Å². The lowest BCUT2D eigenvalue weighted by molar-refractivity contribution is -0.131. The number of aryl methyl sites for hydroxylation is 1. The number of hydrogen-bond acceptors (Lipinski definition) is 3. The van der Waals surface area contributed by atoms with E-state index in [0.29, 0.717) is 17.9 Å². The number of likely N-dealkylation sites (N-methyl/N-ethyl adjacent to an activating group) is 1. The third-order valence-electron chi connectivity index (χ3n) is 3.40. The van der Waals surface area contributed by atoms with Gasteiger partial charge < -0.3 is 9.47 Å². The van der Waals surface area contributed by atoms with E-state index in [1.54, 1.807) is 37.2 Å². The van der Waals surface area contributed by atoms with Crippen LogP contribution in [0.2, 0.25) is 0 Å². The molecule has 1 aromatic carbocycles. The topological polar surface area (TPSA) is 61.9 Å². The van der Waals surface area contributed by atoms with Crippen molar-refractivity contribution in [2.45, 2.75) is 19.4 Å². The molecule has 0 spiro atoms. The predicted molar refractivity (Wildman–Crippen MR) is 82.3 cm³/mol. The fourth-order valence-electron chi connectivity index (χ4n) is 2.39. The van der Waals surface area contributed by atoms with Gasteiger partial charge in [-0.1, -0.05) is 0 Å². The van der Waals surface area contributed by atoms with Gasteiger partial charge in [-0.15, -0.1) is 11.6 Å². The molecule has 0 bridgehead atoms. The average molecular weight is 305 g/mol. The third-order valence-corrected chi connectivity index (χ3v) is 3.58. The van der Waals surface area contributed by atoms with Crippen molar-refractivity contribution in [1.82, 2.24) is 14.5 Å². The van der Waals surface area contributed by atoms with Crippen LogP contribution in [0.1, 0.15) is 24.4 Å². The summed E-state index contributed by atoms with van der Waals surface area (Å²) in [7, 11) is 3.44. The van der Waals surface area contributed by atoms with Crippen molar-refractivity contribution in [1.29, 1.82) is 5.26 Å². The van der Waals surface area contributed by atoms with Gasteiger partial charge in [0, 0.05) is 26.4 Å². The lowest BCUT2D eigenvalue weighted by atomic mass is 10.2. The number of nitriles is 1. The largest absolute Gasteiger partial charge is 0.347 e. The molecule has 6 heteroatoms. The molecule has 0 N–H and O–H groups in total. The quantitative estimate of drug-likeness (QED) is 0.815.